The van der Waals surface area contributed by atoms with E-state index in [9.17, 15) is 10.4 Å². The van der Waals surface area contributed by atoms with Gasteiger partial charge in [0.15, 0.2) is 0 Å². The van der Waals surface area contributed by atoms with E-state index in [-0.39, 0.29) is 23.5 Å². The Bertz CT molecular complexity index is 542. The van der Waals surface area contributed by atoms with E-state index < -0.39 is 0 Å². The molecule has 4 saturated carbocycles. The highest BCUT2D eigenvalue weighted by Gasteiger charge is 2.61. The molecule has 0 amide bonds. The number of fused-ring (bicyclic) bond motifs is 5. The fourth-order valence-corrected chi connectivity index (χ4v) is 7.71. The van der Waals surface area contributed by atoms with Crippen LogP contribution in [0.4, 0.5) is 0 Å². The van der Waals surface area contributed by atoms with Crippen LogP contribution in [0.5, 0.6) is 0 Å². The second kappa shape index (κ2) is 5.71. The molecule has 3 unspecified atom stereocenters. The fraction of sp³-hybridized carbons (Fsp3) is 0.952. The van der Waals surface area contributed by atoms with Gasteiger partial charge >= 0.3 is 0 Å². The van der Waals surface area contributed by atoms with Gasteiger partial charge in [-0.25, -0.2) is 0 Å². The van der Waals surface area contributed by atoms with Gasteiger partial charge in [0, 0.05) is 7.11 Å². The standard InChI is InChI=1S/C21H33NO2/c1-20-9-8-17-15(16(20)7-5-14(20)12-22)6-4-13-10-18(23)19(24-3)11-21(13,17)2/h13-19,23H,4-11H2,1-3H3/t13?,14-,15+,16?,17?,18+,19+,20-,21+/m1/s1. The lowest BCUT2D eigenvalue weighted by molar-refractivity contribution is -0.164. The van der Waals surface area contributed by atoms with Gasteiger partial charge in [0.25, 0.3) is 0 Å². The largest absolute Gasteiger partial charge is 0.390 e. The number of aliphatic hydroxyl groups is 1. The molecule has 3 heteroatoms. The first-order valence-corrected chi connectivity index (χ1v) is 10.0. The van der Waals surface area contributed by atoms with Crippen molar-refractivity contribution in [2.75, 3.05) is 7.11 Å². The van der Waals surface area contributed by atoms with Crippen LogP contribution in [-0.2, 0) is 4.74 Å². The van der Waals surface area contributed by atoms with Gasteiger partial charge in [-0.2, -0.15) is 5.26 Å². The number of nitrogens with zero attached hydrogens (tertiary/aromatic N) is 1. The molecule has 4 fully saturated rings. The van der Waals surface area contributed by atoms with Crippen molar-refractivity contribution in [1.29, 1.82) is 5.26 Å². The Balaban J connectivity index is 1.62. The first kappa shape index (κ1) is 16.9. The van der Waals surface area contributed by atoms with Gasteiger partial charge in [-0.1, -0.05) is 13.8 Å². The van der Waals surface area contributed by atoms with Crippen molar-refractivity contribution in [2.24, 2.45) is 40.4 Å². The summed E-state index contributed by atoms with van der Waals surface area (Å²) < 4.78 is 5.65. The summed E-state index contributed by atoms with van der Waals surface area (Å²) in [6.45, 7) is 4.90. The normalized spacial score (nSPS) is 56.7. The lowest BCUT2D eigenvalue weighted by atomic mass is 9.44. The molecule has 0 aromatic rings. The average molecular weight is 332 g/mol. The molecule has 0 radical (unpaired) electrons. The van der Waals surface area contributed by atoms with Crippen LogP contribution in [-0.4, -0.2) is 24.4 Å². The maximum atomic E-state index is 10.4. The minimum absolute atomic E-state index is 0.00810. The van der Waals surface area contributed by atoms with E-state index in [0.29, 0.717) is 11.3 Å². The molecule has 0 saturated heterocycles. The van der Waals surface area contributed by atoms with Crippen LogP contribution in [0.25, 0.3) is 0 Å². The van der Waals surface area contributed by atoms with Gasteiger partial charge in [0.05, 0.1) is 24.2 Å². The van der Waals surface area contributed by atoms with Crippen LogP contribution in [0.3, 0.4) is 0 Å². The second-order valence-corrected chi connectivity index (χ2v) is 9.74. The second-order valence-electron chi connectivity index (χ2n) is 9.74. The number of hydrogen-bond donors (Lipinski definition) is 1. The number of hydrogen-bond acceptors (Lipinski definition) is 3. The number of rotatable bonds is 1. The average Bonchev–Trinajstić information content (AvgIpc) is 2.91. The van der Waals surface area contributed by atoms with Crippen molar-refractivity contribution >= 4 is 0 Å². The van der Waals surface area contributed by atoms with Crippen LogP contribution in [0.1, 0.15) is 65.2 Å². The summed E-state index contributed by atoms with van der Waals surface area (Å²) in [5.41, 5.74) is 0.572. The molecule has 0 spiro atoms. The summed E-state index contributed by atoms with van der Waals surface area (Å²) in [5.74, 6) is 3.21. The van der Waals surface area contributed by atoms with E-state index in [4.69, 9.17) is 4.74 Å². The SMILES string of the molecule is CO[C@H]1C[C@@]2(C)C(CC[C@@H]3C2CC[C@@]2(C)C3CC[C@@H]2C#N)C[C@@H]1O. The predicted octanol–water partition coefficient (Wildman–Crippen LogP) is 4.15. The summed E-state index contributed by atoms with van der Waals surface area (Å²) in [4.78, 5) is 0. The van der Waals surface area contributed by atoms with Gasteiger partial charge < -0.3 is 9.84 Å². The van der Waals surface area contributed by atoms with Gasteiger partial charge in [-0.15, -0.1) is 0 Å². The topological polar surface area (TPSA) is 53.2 Å². The van der Waals surface area contributed by atoms with Gasteiger partial charge in [0.2, 0.25) is 0 Å². The lowest BCUT2D eigenvalue weighted by Gasteiger charge is -2.61. The molecule has 4 aliphatic rings. The summed E-state index contributed by atoms with van der Waals surface area (Å²) in [6, 6.07) is 2.63. The Morgan fingerprint density at radius 2 is 1.79 bits per heavy atom. The van der Waals surface area contributed by atoms with Crippen molar-refractivity contribution in [2.45, 2.75) is 77.4 Å². The molecule has 9 atom stereocenters. The summed E-state index contributed by atoms with van der Waals surface area (Å²) in [6.07, 6.45) is 9.09. The number of nitriles is 1. The lowest BCUT2D eigenvalue weighted by Crippen LogP contribution is -2.56. The molecule has 0 aromatic heterocycles. The van der Waals surface area contributed by atoms with Crippen LogP contribution >= 0.6 is 0 Å². The van der Waals surface area contributed by atoms with Crippen molar-refractivity contribution in [1.82, 2.24) is 0 Å². The van der Waals surface area contributed by atoms with Crippen LogP contribution in [0.2, 0.25) is 0 Å². The van der Waals surface area contributed by atoms with E-state index in [0.717, 1.165) is 37.0 Å². The van der Waals surface area contributed by atoms with Crippen molar-refractivity contribution in [3.63, 3.8) is 0 Å². The van der Waals surface area contributed by atoms with Gasteiger partial charge in [-0.3, -0.25) is 0 Å². The summed E-state index contributed by atoms with van der Waals surface area (Å²) in [5, 5.41) is 20.0. The van der Waals surface area contributed by atoms with Crippen molar-refractivity contribution in [3.05, 3.63) is 0 Å². The summed E-state index contributed by atoms with van der Waals surface area (Å²) >= 11 is 0. The van der Waals surface area contributed by atoms with Gasteiger partial charge in [-0.05, 0) is 85.9 Å². The molecule has 0 aromatic carbocycles. The molecule has 24 heavy (non-hydrogen) atoms. The number of ether oxygens (including phenoxy) is 1. The summed E-state index contributed by atoms with van der Waals surface area (Å²) in [7, 11) is 1.75. The third-order valence-corrected chi connectivity index (χ3v) is 9.12. The van der Waals surface area contributed by atoms with E-state index >= 15 is 0 Å². The number of aliphatic hydroxyl groups excluding tert-OH is 1. The maximum absolute atomic E-state index is 10.4. The molecule has 0 aliphatic heterocycles. The monoisotopic (exact) mass is 331 g/mol. The minimum Gasteiger partial charge on any atom is -0.390 e. The van der Waals surface area contributed by atoms with Crippen molar-refractivity contribution in [3.8, 4) is 6.07 Å². The highest BCUT2D eigenvalue weighted by molar-refractivity contribution is 5.13. The molecule has 134 valence electrons. The van der Waals surface area contributed by atoms with Gasteiger partial charge in [0.1, 0.15) is 0 Å². The first-order valence-electron chi connectivity index (χ1n) is 10.0. The Kier molecular flexibility index (Phi) is 4.01. The third-order valence-electron chi connectivity index (χ3n) is 9.12. The highest BCUT2D eigenvalue weighted by Crippen LogP contribution is 2.67. The molecular formula is C21H33NO2. The van der Waals surface area contributed by atoms with E-state index in [2.05, 4.69) is 19.9 Å². The molecule has 1 N–H and O–H groups in total. The third kappa shape index (κ3) is 2.15. The Hall–Kier alpha value is -0.590. The highest BCUT2D eigenvalue weighted by atomic mass is 16.5. The van der Waals surface area contributed by atoms with Crippen LogP contribution < -0.4 is 0 Å². The molecule has 0 heterocycles. The number of methoxy groups -OCH3 is 1. The Morgan fingerprint density at radius 1 is 1.04 bits per heavy atom. The first-order chi connectivity index (χ1) is 11.4. The van der Waals surface area contributed by atoms with E-state index in [1.54, 1.807) is 7.11 Å². The van der Waals surface area contributed by atoms with Crippen LogP contribution in [0.15, 0.2) is 0 Å². The molecule has 3 nitrogen and oxygen atoms in total. The zero-order chi connectivity index (χ0) is 17.1. The van der Waals surface area contributed by atoms with Crippen molar-refractivity contribution < 1.29 is 9.84 Å². The predicted molar refractivity (Wildman–Crippen MR) is 93.0 cm³/mol. The van der Waals surface area contributed by atoms with E-state index in [1.165, 1.54) is 32.1 Å². The maximum Gasteiger partial charge on any atom is 0.0835 e. The van der Waals surface area contributed by atoms with Crippen LogP contribution in [0, 0.1) is 51.8 Å². The molecule has 4 aliphatic carbocycles. The Morgan fingerprint density at radius 3 is 2.50 bits per heavy atom. The zero-order valence-corrected chi connectivity index (χ0v) is 15.5. The smallest absolute Gasteiger partial charge is 0.0835 e. The quantitative estimate of drug-likeness (QED) is 0.785. The molecule has 4 rings (SSSR count). The van der Waals surface area contributed by atoms with E-state index in [1.807, 2.05) is 0 Å². The fourth-order valence-electron chi connectivity index (χ4n) is 7.71. The Labute approximate surface area is 146 Å². The molecule has 0 bridgehead atoms. The zero-order valence-electron chi connectivity index (χ0n) is 15.5. The minimum atomic E-state index is -0.284. The molecular weight excluding hydrogens is 298 g/mol.